The maximum Gasteiger partial charge on any atom is 0.412 e. The van der Waals surface area contributed by atoms with Crippen LogP contribution in [-0.2, 0) is 4.74 Å². The smallest absolute Gasteiger partial charge is 0.412 e. The Morgan fingerprint density at radius 2 is 1.89 bits per heavy atom. The molecule has 0 saturated heterocycles. The summed E-state index contributed by atoms with van der Waals surface area (Å²) in [6.07, 6.45) is 0.951. The van der Waals surface area contributed by atoms with Gasteiger partial charge in [-0.1, -0.05) is 29.8 Å². The summed E-state index contributed by atoms with van der Waals surface area (Å²) in [7, 11) is 0. The summed E-state index contributed by atoms with van der Waals surface area (Å²) >= 11 is 8.34. The maximum atomic E-state index is 12.6. The van der Waals surface area contributed by atoms with E-state index in [0.717, 1.165) is 9.37 Å². The van der Waals surface area contributed by atoms with E-state index in [4.69, 9.17) is 4.74 Å². The molecule has 0 aliphatic heterocycles. The van der Waals surface area contributed by atoms with Crippen molar-refractivity contribution in [3.05, 3.63) is 50.9 Å². The van der Waals surface area contributed by atoms with E-state index in [1.807, 2.05) is 32.2 Å². The van der Waals surface area contributed by atoms with Gasteiger partial charge in [-0.25, -0.2) is 4.79 Å². The van der Waals surface area contributed by atoms with Crippen molar-refractivity contribution in [1.82, 2.24) is 0 Å². The van der Waals surface area contributed by atoms with Crippen LogP contribution in [0.25, 0.3) is 0 Å². The monoisotopic (exact) mass is 531 g/mol. The number of phenols is 1. The molecular formula is C20H23Br2NO4S. The Hall–Kier alpha value is -1.22. The average Bonchev–Trinajstić information content (AvgIpc) is 2.63. The number of nitrogens with one attached hydrogen (secondary N) is 1. The Kier molecular flexibility index (Phi) is 8.24. The topological polar surface area (TPSA) is 78.8 Å². The number of rotatable bonds is 7. The summed E-state index contributed by atoms with van der Waals surface area (Å²) in [5.41, 5.74) is 0.445. The normalized spacial score (nSPS) is 12.5. The fourth-order valence-corrected chi connectivity index (χ4v) is 4.44. The molecule has 8 heteroatoms. The van der Waals surface area contributed by atoms with Crippen LogP contribution in [0.2, 0.25) is 0 Å². The summed E-state index contributed by atoms with van der Waals surface area (Å²) in [6.45, 7) is 3.69. The number of carbonyl (C=O) groups excluding carboxylic acids is 1. The van der Waals surface area contributed by atoms with Crippen LogP contribution in [0, 0.1) is 5.41 Å². The van der Waals surface area contributed by atoms with Gasteiger partial charge in [-0.3, -0.25) is 5.32 Å². The van der Waals surface area contributed by atoms with Crippen LogP contribution in [0.4, 0.5) is 10.5 Å². The first kappa shape index (κ1) is 23.1. The number of aliphatic hydroxyl groups is 1. The average molecular weight is 533 g/mol. The Morgan fingerprint density at radius 3 is 2.46 bits per heavy atom. The molecule has 0 spiro atoms. The summed E-state index contributed by atoms with van der Waals surface area (Å²) in [4.78, 5) is 13.7. The van der Waals surface area contributed by atoms with Gasteiger partial charge in [0.25, 0.3) is 0 Å². The molecule has 0 aliphatic rings. The molecular weight excluding hydrogens is 510 g/mol. The molecule has 0 saturated carbocycles. The van der Waals surface area contributed by atoms with Crippen LogP contribution in [0.3, 0.4) is 0 Å². The zero-order valence-electron chi connectivity index (χ0n) is 15.8. The third-order valence-corrected chi connectivity index (χ3v) is 6.17. The third-order valence-electron chi connectivity index (χ3n) is 4.37. The number of benzene rings is 2. The van der Waals surface area contributed by atoms with Gasteiger partial charge in [0, 0.05) is 32.6 Å². The first-order chi connectivity index (χ1) is 13.2. The standard InChI is InChI=1S/C20H23Br2NO4S/c1-20(2,8-9-24)18(15-10-12(21)11-16(22)17(15)25)27-19(26)23-13-4-6-14(28-3)7-5-13/h4-7,10-11,18,24-25H,8-9H2,1-3H3,(H,23,26)/t18-/m0/s1. The third kappa shape index (κ3) is 5.89. The molecule has 28 heavy (non-hydrogen) atoms. The van der Waals surface area contributed by atoms with Crippen molar-refractivity contribution in [2.24, 2.45) is 5.41 Å². The van der Waals surface area contributed by atoms with E-state index in [9.17, 15) is 15.0 Å². The Morgan fingerprint density at radius 1 is 1.25 bits per heavy atom. The maximum absolute atomic E-state index is 12.6. The molecule has 0 radical (unpaired) electrons. The van der Waals surface area contributed by atoms with Gasteiger partial charge in [-0.2, -0.15) is 0 Å². The molecule has 0 unspecified atom stereocenters. The minimum absolute atomic E-state index is 0.00339. The number of aromatic hydroxyl groups is 1. The molecule has 0 heterocycles. The number of hydrogen-bond acceptors (Lipinski definition) is 5. The number of amides is 1. The SMILES string of the molecule is CSc1ccc(NC(=O)O[C@@H](c2cc(Br)cc(Br)c2O)C(C)(C)CCO)cc1. The van der Waals surface area contributed by atoms with Gasteiger partial charge >= 0.3 is 6.09 Å². The molecule has 1 amide bonds. The van der Waals surface area contributed by atoms with Crippen molar-refractivity contribution in [3.63, 3.8) is 0 Å². The number of carbonyl (C=O) groups is 1. The highest BCUT2D eigenvalue weighted by Crippen LogP contribution is 2.45. The van der Waals surface area contributed by atoms with Crippen molar-refractivity contribution in [2.75, 3.05) is 18.2 Å². The molecule has 0 bridgehead atoms. The van der Waals surface area contributed by atoms with Gasteiger partial charge < -0.3 is 14.9 Å². The van der Waals surface area contributed by atoms with E-state index in [2.05, 4.69) is 37.2 Å². The number of anilines is 1. The second kappa shape index (κ2) is 10.0. The fraction of sp³-hybridized carbons (Fsp3) is 0.350. The van der Waals surface area contributed by atoms with Crippen molar-refractivity contribution < 1.29 is 19.7 Å². The lowest BCUT2D eigenvalue weighted by molar-refractivity contribution is 0.0138. The Balaban J connectivity index is 2.30. The Bertz CT molecular complexity index is 828. The summed E-state index contributed by atoms with van der Waals surface area (Å²) in [5.74, 6) is -0.00339. The molecule has 0 fully saturated rings. The van der Waals surface area contributed by atoms with Gasteiger partial charge in [-0.15, -0.1) is 11.8 Å². The summed E-state index contributed by atoms with van der Waals surface area (Å²) in [5, 5.41) is 22.7. The molecule has 0 aromatic heterocycles. The van der Waals surface area contributed by atoms with Crippen LogP contribution >= 0.6 is 43.6 Å². The van der Waals surface area contributed by atoms with E-state index < -0.39 is 17.6 Å². The first-order valence-electron chi connectivity index (χ1n) is 8.58. The van der Waals surface area contributed by atoms with Crippen molar-refractivity contribution in [2.45, 2.75) is 31.3 Å². The van der Waals surface area contributed by atoms with E-state index in [-0.39, 0.29) is 12.4 Å². The second-order valence-corrected chi connectivity index (χ2v) is 9.58. The quantitative estimate of drug-likeness (QED) is 0.363. The highest BCUT2D eigenvalue weighted by Gasteiger charge is 2.36. The number of hydrogen-bond donors (Lipinski definition) is 3. The van der Waals surface area contributed by atoms with Crippen molar-refractivity contribution >= 4 is 55.4 Å². The van der Waals surface area contributed by atoms with Gasteiger partial charge in [0.1, 0.15) is 11.9 Å². The second-order valence-electron chi connectivity index (χ2n) is 6.93. The molecule has 1 atom stereocenters. The van der Waals surface area contributed by atoms with Crippen LogP contribution in [0.15, 0.2) is 50.2 Å². The van der Waals surface area contributed by atoms with E-state index in [1.54, 1.807) is 36.0 Å². The Labute approximate surface area is 186 Å². The van der Waals surface area contributed by atoms with Gasteiger partial charge in [-0.05, 0) is 65.0 Å². The number of phenolic OH excluding ortho intramolecular Hbond substituents is 1. The number of thioether (sulfide) groups is 1. The molecule has 0 aliphatic carbocycles. The van der Waals surface area contributed by atoms with E-state index >= 15 is 0 Å². The van der Waals surface area contributed by atoms with Crippen molar-refractivity contribution in [1.29, 1.82) is 0 Å². The van der Waals surface area contributed by atoms with E-state index in [1.165, 1.54) is 0 Å². The lowest BCUT2D eigenvalue weighted by Gasteiger charge is -2.34. The van der Waals surface area contributed by atoms with Gasteiger partial charge in [0.05, 0.1) is 4.47 Å². The predicted molar refractivity (Wildman–Crippen MR) is 120 cm³/mol. The molecule has 2 rings (SSSR count). The largest absolute Gasteiger partial charge is 0.506 e. The van der Waals surface area contributed by atoms with Crippen molar-refractivity contribution in [3.8, 4) is 5.75 Å². The summed E-state index contributed by atoms with van der Waals surface area (Å²) < 4.78 is 6.95. The fourth-order valence-electron chi connectivity index (χ4n) is 2.78. The lowest BCUT2D eigenvalue weighted by Crippen LogP contribution is -2.30. The van der Waals surface area contributed by atoms with Crippen LogP contribution in [0.1, 0.15) is 31.9 Å². The van der Waals surface area contributed by atoms with Crippen LogP contribution < -0.4 is 5.32 Å². The van der Waals surface area contributed by atoms with Gasteiger partial charge in [0.2, 0.25) is 0 Å². The van der Waals surface area contributed by atoms with Crippen LogP contribution in [-0.4, -0.2) is 29.2 Å². The lowest BCUT2D eigenvalue weighted by atomic mass is 9.79. The predicted octanol–water partition coefficient (Wildman–Crippen LogP) is 6.34. The number of halogens is 2. The zero-order chi connectivity index (χ0) is 20.9. The summed E-state index contributed by atoms with van der Waals surface area (Å²) in [6, 6.07) is 10.8. The first-order valence-corrected chi connectivity index (χ1v) is 11.4. The van der Waals surface area contributed by atoms with E-state index in [0.29, 0.717) is 22.1 Å². The van der Waals surface area contributed by atoms with Crippen LogP contribution in [0.5, 0.6) is 5.75 Å². The highest BCUT2D eigenvalue weighted by atomic mass is 79.9. The zero-order valence-corrected chi connectivity index (χ0v) is 19.8. The number of ether oxygens (including phenoxy) is 1. The minimum Gasteiger partial charge on any atom is -0.506 e. The molecule has 5 nitrogen and oxygen atoms in total. The highest BCUT2D eigenvalue weighted by molar-refractivity contribution is 9.11. The molecule has 152 valence electrons. The number of aliphatic hydroxyl groups excluding tert-OH is 1. The molecule has 2 aromatic rings. The van der Waals surface area contributed by atoms with Gasteiger partial charge in [0.15, 0.2) is 0 Å². The minimum atomic E-state index is -0.779. The molecule has 2 aromatic carbocycles. The molecule has 3 N–H and O–H groups in total.